The Bertz CT molecular complexity index is 419. The van der Waals surface area contributed by atoms with Crippen molar-refractivity contribution in [1.82, 2.24) is 5.32 Å². The van der Waals surface area contributed by atoms with Crippen molar-refractivity contribution in [2.45, 2.75) is 45.1 Å². The molecule has 0 aliphatic heterocycles. The molecule has 0 spiro atoms. The maximum Gasteiger partial charge on any atom is 0.129 e. The van der Waals surface area contributed by atoms with Gasteiger partial charge in [-0.1, -0.05) is 25.8 Å². The monoisotopic (exact) mass is 267 g/mol. The van der Waals surface area contributed by atoms with E-state index in [1.807, 2.05) is 7.05 Å². The molecule has 0 radical (unpaired) electrons. The molecule has 0 bridgehead atoms. The summed E-state index contributed by atoms with van der Waals surface area (Å²) in [7, 11) is 1.94. The molecule has 3 heteroatoms. The lowest BCUT2D eigenvalue weighted by atomic mass is 9.77. The van der Waals surface area contributed by atoms with Gasteiger partial charge in [0.05, 0.1) is 0 Å². The van der Waals surface area contributed by atoms with E-state index in [9.17, 15) is 8.78 Å². The molecule has 1 aromatic rings. The number of halogens is 2. The number of benzene rings is 1. The maximum absolute atomic E-state index is 13.7. The highest BCUT2D eigenvalue weighted by Crippen LogP contribution is 2.32. The van der Waals surface area contributed by atoms with Crippen LogP contribution in [-0.4, -0.2) is 13.1 Å². The van der Waals surface area contributed by atoms with Crippen LogP contribution in [0.15, 0.2) is 18.2 Å². The molecule has 3 atom stereocenters. The summed E-state index contributed by atoms with van der Waals surface area (Å²) < 4.78 is 26.6. The summed E-state index contributed by atoms with van der Waals surface area (Å²) >= 11 is 0. The third-order valence-electron chi connectivity index (χ3n) is 4.37. The van der Waals surface area contributed by atoms with Crippen molar-refractivity contribution in [2.75, 3.05) is 7.05 Å². The van der Waals surface area contributed by atoms with E-state index in [1.54, 1.807) is 6.07 Å². The molecule has 1 aromatic carbocycles. The van der Waals surface area contributed by atoms with E-state index >= 15 is 0 Å². The van der Waals surface area contributed by atoms with Crippen molar-refractivity contribution in [2.24, 2.45) is 11.8 Å². The Morgan fingerprint density at radius 3 is 2.74 bits per heavy atom. The van der Waals surface area contributed by atoms with Crippen molar-refractivity contribution in [3.63, 3.8) is 0 Å². The number of hydrogen-bond donors (Lipinski definition) is 1. The molecule has 0 aromatic heterocycles. The van der Waals surface area contributed by atoms with Gasteiger partial charge in [0.2, 0.25) is 0 Å². The molecule has 106 valence electrons. The molecule has 0 amide bonds. The second-order valence-electron chi connectivity index (χ2n) is 5.87. The molecular formula is C16H23F2N. The van der Waals surface area contributed by atoms with Crippen LogP contribution in [0, 0.1) is 23.5 Å². The predicted octanol–water partition coefficient (Wildman–Crippen LogP) is 3.92. The fraction of sp³-hybridized carbons (Fsp3) is 0.625. The van der Waals surface area contributed by atoms with Crippen molar-refractivity contribution >= 4 is 0 Å². The van der Waals surface area contributed by atoms with Crippen LogP contribution in [0.25, 0.3) is 0 Å². The highest BCUT2D eigenvalue weighted by Gasteiger charge is 2.26. The Balaban J connectivity index is 2.05. The Labute approximate surface area is 114 Å². The molecule has 1 N–H and O–H groups in total. The van der Waals surface area contributed by atoms with E-state index < -0.39 is 11.6 Å². The quantitative estimate of drug-likeness (QED) is 0.871. The molecule has 1 fully saturated rings. The van der Waals surface area contributed by atoms with E-state index in [1.165, 1.54) is 31.7 Å². The van der Waals surface area contributed by atoms with Crippen LogP contribution in [-0.2, 0) is 6.42 Å². The standard InChI is InChI=1S/C16H23F2N/c1-11-4-3-5-13(8-11)16(19-2)9-12-6-7-14(17)10-15(12)18/h6-7,10-11,13,16,19H,3-5,8-9H2,1-2H3. The Kier molecular flexibility index (Phi) is 4.92. The van der Waals surface area contributed by atoms with Crippen LogP contribution in [0.5, 0.6) is 0 Å². The predicted molar refractivity (Wildman–Crippen MR) is 74.0 cm³/mol. The molecular weight excluding hydrogens is 244 g/mol. The summed E-state index contributed by atoms with van der Waals surface area (Å²) in [5, 5.41) is 3.32. The van der Waals surface area contributed by atoms with Gasteiger partial charge in [-0.3, -0.25) is 0 Å². The lowest BCUT2D eigenvalue weighted by molar-refractivity contribution is 0.226. The first kappa shape index (κ1) is 14.4. The summed E-state index contributed by atoms with van der Waals surface area (Å²) in [5.74, 6) is 0.420. The first-order chi connectivity index (χ1) is 9.10. The van der Waals surface area contributed by atoms with E-state index in [-0.39, 0.29) is 6.04 Å². The van der Waals surface area contributed by atoms with Crippen molar-refractivity contribution < 1.29 is 8.78 Å². The van der Waals surface area contributed by atoms with Crippen LogP contribution in [0.4, 0.5) is 8.78 Å². The van der Waals surface area contributed by atoms with Gasteiger partial charge < -0.3 is 5.32 Å². The highest BCUT2D eigenvalue weighted by atomic mass is 19.1. The van der Waals surface area contributed by atoms with Gasteiger partial charge in [0.15, 0.2) is 0 Å². The molecule has 2 rings (SSSR count). The number of rotatable bonds is 4. The second kappa shape index (κ2) is 6.47. The van der Waals surface area contributed by atoms with Gasteiger partial charge in [0.1, 0.15) is 11.6 Å². The average molecular weight is 267 g/mol. The average Bonchev–Trinajstić information content (AvgIpc) is 2.38. The molecule has 1 aliphatic carbocycles. The number of hydrogen-bond acceptors (Lipinski definition) is 1. The summed E-state index contributed by atoms with van der Waals surface area (Å²) in [4.78, 5) is 0. The van der Waals surface area contributed by atoms with E-state index in [4.69, 9.17) is 0 Å². The maximum atomic E-state index is 13.7. The largest absolute Gasteiger partial charge is 0.316 e. The minimum absolute atomic E-state index is 0.280. The van der Waals surface area contributed by atoms with Crippen LogP contribution < -0.4 is 5.32 Å². The first-order valence-corrected chi connectivity index (χ1v) is 7.21. The lowest BCUT2D eigenvalue weighted by Crippen LogP contribution is -2.38. The van der Waals surface area contributed by atoms with E-state index in [2.05, 4.69) is 12.2 Å². The van der Waals surface area contributed by atoms with Gasteiger partial charge >= 0.3 is 0 Å². The zero-order chi connectivity index (χ0) is 13.8. The minimum Gasteiger partial charge on any atom is -0.316 e. The fourth-order valence-electron chi connectivity index (χ4n) is 3.28. The smallest absolute Gasteiger partial charge is 0.129 e. The Morgan fingerprint density at radius 1 is 1.32 bits per heavy atom. The summed E-state index contributed by atoms with van der Waals surface area (Å²) in [6.07, 6.45) is 5.61. The van der Waals surface area contributed by atoms with Crippen molar-refractivity contribution in [3.05, 3.63) is 35.4 Å². The van der Waals surface area contributed by atoms with Crippen LogP contribution in [0.1, 0.15) is 38.2 Å². The summed E-state index contributed by atoms with van der Waals surface area (Å²) in [6.45, 7) is 2.29. The fourth-order valence-corrected chi connectivity index (χ4v) is 3.28. The van der Waals surface area contributed by atoms with Gasteiger partial charge in [-0.15, -0.1) is 0 Å². The van der Waals surface area contributed by atoms with Crippen LogP contribution in [0.3, 0.4) is 0 Å². The van der Waals surface area contributed by atoms with Crippen LogP contribution in [0.2, 0.25) is 0 Å². The molecule has 0 saturated heterocycles. The molecule has 1 aliphatic rings. The Hall–Kier alpha value is -0.960. The van der Waals surface area contributed by atoms with Crippen molar-refractivity contribution in [1.29, 1.82) is 0 Å². The number of nitrogens with one attached hydrogen (secondary N) is 1. The SMILES string of the molecule is CNC(Cc1ccc(F)cc1F)C1CCCC(C)C1. The summed E-state index contributed by atoms with van der Waals surface area (Å²) in [6, 6.07) is 4.17. The van der Waals surface area contributed by atoms with Crippen LogP contribution >= 0.6 is 0 Å². The van der Waals surface area contributed by atoms with Gasteiger partial charge in [-0.2, -0.15) is 0 Å². The molecule has 1 nitrogen and oxygen atoms in total. The molecule has 19 heavy (non-hydrogen) atoms. The zero-order valence-corrected chi connectivity index (χ0v) is 11.8. The minimum atomic E-state index is -0.506. The van der Waals surface area contributed by atoms with E-state index in [0.717, 1.165) is 12.0 Å². The topological polar surface area (TPSA) is 12.0 Å². The van der Waals surface area contributed by atoms with Gasteiger partial charge in [0, 0.05) is 12.1 Å². The summed E-state index contributed by atoms with van der Waals surface area (Å²) in [5.41, 5.74) is 0.610. The van der Waals surface area contributed by atoms with E-state index in [0.29, 0.717) is 17.9 Å². The first-order valence-electron chi connectivity index (χ1n) is 7.21. The molecule has 0 heterocycles. The number of likely N-dealkylation sites (N-methyl/N-ethyl adjacent to an activating group) is 1. The Morgan fingerprint density at radius 2 is 2.11 bits per heavy atom. The third kappa shape index (κ3) is 3.75. The second-order valence-corrected chi connectivity index (χ2v) is 5.87. The van der Waals surface area contributed by atoms with Gasteiger partial charge in [0.25, 0.3) is 0 Å². The van der Waals surface area contributed by atoms with Gasteiger partial charge in [-0.25, -0.2) is 8.78 Å². The molecule has 3 unspecified atom stereocenters. The molecule has 1 saturated carbocycles. The van der Waals surface area contributed by atoms with Gasteiger partial charge in [-0.05, 0) is 49.8 Å². The highest BCUT2D eigenvalue weighted by molar-refractivity contribution is 5.19. The lowest BCUT2D eigenvalue weighted by Gasteiger charge is -2.33. The third-order valence-corrected chi connectivity index (χ3v) is 4.37. The normalized spacial score (nSPS) is 25.3. The zero-order valence-electron chi connectivity index (χ0n) is 11.8. The van der Waals surface area contributed by atoms with Crippen molar-refractivity contribution in [3.8, 4) is 0 Å².